The molecule has 0 saturated carbocycles. The zero-order valence-electron chi connectivity index (χ0n) is 13.1. The Morgan fingerprint density at radius 1 is 1.13 bits per heavy atom. The molecule has 0 aliphatic carbocycles. The van der Waals surface area contributed by atoms with Crippen LogP contribution in [0.5, 0.6) is 0 Å². The molecule has 128 valence electrons. The molecule has 1 aliphatic rings. The summed E-state index contributed by atoms with van der Waals surface area (Å²) >= 11 is 0. The van der Waals surface area contributed by atoms with Gasteiger partial charge in [-0.15, -0.1) is 0 Å². The Hall–Kier alpha value is -1.48. The lowest BCUT2D eigenvalue weighted by Crippen LogP contribution is -3.14. The number of hydrogen-bond acceptors (Lipinski definition) is 4. The van der Waals surface area contributed by atoms with Gasteiger partial charge in [0.2, 0.25) is 10.0 Å². The normalized spacial score (nSPS) is 16.2. The smallest absolute Gasteiger partial charge is 0.251 e. The molecule has 1 aromatic carbocycles. The fraction of sp³-hybridized carbons (Fsp3) is 0.533. The number of ether oxygens (including phenoxy) is 1. The van der Waals surface area contributed by atoms with Crippen molar-refractivity contribution in [1.82, 2.24) is 10.0 Å². The van der Waals surface area contributed by atoms with Gasteiger partial charge in [0, 0.05) is 12.1 Å². The maximum absolute atomic E-state index is 11.9. The van der Waals surface area contributed by atoms with Crippen molar-refractivity contribution in [3.63, 3.8) is 0 Å². The molecule has 2 rings (SSSR count). The summed E-state index contributed by atoms with van der Waals surface area (Å²) in [5.41, 5.74) is 0.522. The zero-order valence-corrected chi connectivity index (χ0v) is 13.9. The lowest BCUT2D eigenvalue weighted by Gasteiger charge is -2.23. The molecule has 1 saturated heterocycles. The first kappa shape index (κ1) is 17.9. The van der Waals surface area contributed by atoms with Crippen LogP contribution in [0.4, 0.5) is 0 Å². The second kappa shape index (κ2) is 8.97. The van der Waals surface area contributed by atoms with E-state index in [1.807, 2.05) is 6.07 Å². The van der Waals surface area contributed by atoms with E-state index in [0.717, 1.165) is 32.8 Å². The molecule has 0 aromatic heterocycles. The van der Waals surface area contributed by atoms with Crippen LogP contribution < -0.4 is 14.9 Å². The van der Waals surface area contributed by atoms with Gasteiger partial charge in [-0.2, -0.15) is 0 Å². The summed E-state index contributed by atoms with van der Waals surface area (Å²) in [5, 5.41) is 2.62. The summed E-state index contributed by atoms with van der Waals surface area (Å²) in [7, 11) is -3.37. The fourth-order valence-corrected chi connectivity index (χ4v) is 3.28. The van der Waals surface area contributed by atoms with Gasteiger partial charge >= 0.3 is 0 Å². The monoisotopic (exact) mass is 342 g/mol. The zero-order chi connectivity index (χ0) is 16.5. The number of rotatable bonds is 8. The molecule has 3 N–H and O–H groups in total. The first-order valence-electron chi connectivity index (χ1n) is 7.79. The van der Waals surface area contributed by atoms with Gasteiger partial charge in [0.05, 0.1) is 32.1 Å². The molecule has 1 heterocycles. The van der Waals surface area contributed by atoms with Crippen LogP contribution in [0.1, 0.15) is 10.4 Å². The molecule has 1 aliphatic heterocycles. The SMILES string of the molecule is O=C(NCCS(=O)(=O)NCC[NH+]1CCOCC1)c1ccccc1. The summed E-state index contributed by atoms with van der Waals surface area (Å²) < 4.78 is 31.6. The van der Waals surface area contributed by atoms with E-state index in [1.54, 1.807) is 24.3 Å². The number of quaternary nitrogens is 1. The van der Waals surface area contributed by atoms with E-state index in [4.69, 9.17) is 4.74 Å². The van der Waals surface area contributed by atoms with Crippen molar-refractivity contribution in [1.29, 1.82) is 0 Å². The Kier molecular flexibility index (Phi) is 6.97. The molecule has 1 fully saturated rings. The fourth-order valence-electron chi connectivity index (χ4n) is 2.36. The summed E-state index contributed by atoms with van der Waals surface area (Å²) in [6.07, 6.45) is 0. The Morgan fingerprint density at radius 2 is 1.83 bits per heavy atom. The van der Waals surface area contributed by atoms with Gasteiger partial charge < -0.3 is 15.0 Å². The van der Waals surface area contributed by atoms with Crippen molar-refractivity contribution in [2.75, 3.05) is 51.7 Å². The Bertz CT molecular complexity index is 586. The molecule has 0 radical (unpaired) electrons. The van der Waals surface area contributed by atoms with E-state index in [1.165, 1.54) is 4.90 Å². The molecule has 1 aromatic rings. The highest BCUT2D eigenvalue weighted by Gasteiger charge is 2.16. The minimum Gasteiger partial charge on any atom is -0.370 e. The summed E-state index contributed by atoms with van der Waals surface area (Å²) in [6.45, 7) is 4.53. The number of sulfonamides is 1. The van der Waals surface area contributed by atoms with Gasteiger partial charge in [-0.1, -0.05) is 18.2 Å². The van der Waals surface area contributed by atoms with Crippen LogP contribution in [0.3, 0.4) is 0 Å². The van der Waals surface area contributed by atoms with E-state index < -0.39 is 10.0 Å². The summed E-state index contributed by atoms with van der Waals surface area (Å²) in [5.74, 6) is -0.386. The van der Waals surface area contributed by atoms with Gasteiger partial charge in [0.25, 0.3) is 5.91 Å². The second-order valence-electron chi connectivity index (χ2n) is 5.45. The van der Waals surface area contributed by atoms with Crippen LogP contribution in [0, 0.1) is 0 Å². The van der Waals surface area contributed by atoms with E-state index in [-0.39, 0.29) is 18.2 Å². The predicted octanol–water partition coefficient (Wildman–Crippen LogP) is -1.75. The third-order valence-corrected chi connectivity index (χ3v) is 5.08. The highest BCUT2D eigenvalue weighted by Crippen LogP contribution is 1.97. The van der Waals surface area contributed by atoms with Crippen molar-refractivity contribution in [3.8, 4) is 0 Å². The maximum Gasteiger partial charge on any atom is 0.251 e. The van der Waals surface area contributed by atoms with Crippen LogP contribution >= 0.6 is 0 Å². The van der Waals surface area contributed by atoms with Crippen LogP contribution in [0.2, 0.25) is 0 Å². The first-order chi connectivity index (χ1) is 11.1. The summed E-state index contributed by atoms with van der Waals surface area (Å²) in [6, 6.07) is 8.73. The minimum atomic E-state index is -3.37. The third-order valence-electron chi connectivity index (χ3n) is 3.69. The van der Waals surface area contributed by atoms with Crippen molar-refractivity contribution >= 4 is 15.9 Å². The predicted molar refractivity (Wildman–Crippen MR) is 86.9 cm³/mol. The van der Waals surface area contributed by atoms with Crippen LogP contribution in [0.25, 0.3) is 0 Å². The Morgan fingerprint density at radius 3 is 2.52 bits per heavy atom. The van der Waals surface area contributed by atoms with E-state index in [0.29, 0.717) is 12.1 Å². The lowest BCUT2D eigenvalue weighted by molar-refractivity contribution is -0.906. The third kappa shape index (κ3) is 6.66. The molecule has 8 heteroatoms. The lowest BCUT2D eigenvalue weighted by atomic mass is 10.2. The molecule has 0 bridgehead atoms. The highest BCUT2D eigenvalue weighted by molar-refractivity contribution is 7.89. The maximum atomic E-state index is 11.9. The second-order valence-corrected chi connectivity index (χ2v) is 7.37. The number of nitrogens with one attached hydrogen (secondary N) is 3. The molecule has 0 unspecified atom stereocenters. The molecular formula is C15H24N3O4S+. The molecule has 0 spiro atoms. The Labute approximate surface area is 137 Å². The van der Waals surface area contributed by atoms with Crippen LogP contribution in [0.15, 0.2) is 30.3 Å². The molecule has 1 amide bonds. The molecular weight excluding hydrogens is 318 g/mol. The standard InChI is InChI=1S/C15H23N3O4S/c19-15(14-4-2-1-3-5-14)16-7-13-23(20,21)17-6-8-18-9-11-22-12-10-18/h1-5,17H,6-13H2,(H,16,19)/p+1. The number of morpholine rings is 1. The molecule has 0 atom stereocenters. The molecule has 7 nitrogen and oxygen atoms in total. The van der Waals surface area contributed by atoms with E-state index in [9.17, 15) is 13.2 Å². The Balaban J connectivity index is 1.64. The van der Waals surface area contributed by atoms with E-state index in [2.05, 4.69) is 10.0 Å². The number of amides is 1. The topological polar surface area (TPSA) is 88.9 Å². The van der Waals surface area contributed by atoms with Gasteiger partial charge in [-0.25, -0.2) is 13.1 Å². The quantitative estimate of drug-likeness (QED) is 0.523. The number of hydrogen-bond donors (Lipinski definition) is 3. The van der Waals surface area contributed by atoms with Gasteiger partial charge in [-0.05, 0) is 12.1 Å². The van der Waals surface area contributed by atoms with Crippen LogP contribution in [-0.2, 0) is 14.8 Å². The van der Waals surface area contributed by atoms with Gasteiger partial charge in [0.1, 0.15) is 13.1 Å². The minimum absolute atomic E-state index is 0.0907. The largest absolute Gasteiger partial charge is 0.370 e. The van der Waals surface area contributed by atoms with Gasteiger partial charge in [0.15, 0.2) is 0 Å². The average molecular weight is 342 g/mol. The van der Waals surface area contributed by atoms with Crippen molar-refractivity contribution < 1.29 is 22.8 Å². The molecule has 23 heavy (non-hydrogen) atoms. The number of benzene rings is 1. The van der Waals surface area contributed by atoms with E-state index >= 15 is 0 Å². The first-order valence-corrected chi connectivity index (χ1v) is 9.44. The van der Waals surface area contributed by atoms with Crippen LogP contribution in [-0.4, -0.2) is 66.0 Å². The van der Waals surface area contributed by atoms with Crippen molar-refractivity contribution in [2.24, 2.45) is 0 Å². The average Bonchev–Trinajstić information content (AvgIpc) is 2.56. The summed E-state index contributed by atoms with van der Waals surface area (Å²) in [4.78, 5) is 13.2. The van der Waals surface area contributed by atoms with Crippen molar-refractivity contribution in [3.05, 3.63) is 35.9 Å². The number of carbonyl (C=O) groups excluding carboxylic acids is 1. The number of carbonyl (C=O) groups is 1. The van der Waals surface area contributed by atoms with Gasteiger partial charge in [-0.3, -0.25) is 4.79 Å². The highest BCUT2D eigenvalue weighted by atomic mass is 32.2. The van der Waals surface area contributed by atoms with Crippen molar-refractivity contribution in [2.45, 2.75) is 0 Å².